The molecule has 2 heterocycles. The Hall–Kier alpha value is -3.72. The molecule has 0 saturated carbocycles. The molecular formula is C26H22N2O. The highest BCUT2D eigenvalue weighted by molar-refractivity contribution is 5.86. The topological polar surface area (TPSA) is 40.8 Å². The Kier molecular flexibility index (Phi) is 4.63. The third-order valence-corrected chi connectivity index (χ3v) is 5.31. The first-order chi connectivity index (χ1) is 14.4. The lowest BCUT2D eigenvalue weighted by Crippen LogP contribution is -2.03. The minimum Gasteiger partial charge on any atom is -0.489 e. The number of hydrogen-bond acceptors (Lipinski definition) is 1. The Morgan fingerprint density at radius 2 is 1.55 bits per heavy atom. The molecule has 0 spiro atoms. The second kappa shape index (κ2) is 7.72. The molecule has 0 bridgehead atoms. The van der Waals surface area contributed by atoms with E-state index in [0.29, 0.717) is 6.61 Å². The van der Waals surface area contributed by atoms with E-state index in [2.05, 4.69) is 82.9 Å². The molecule has 2 N–H and O–H groups in total. The summed E-state index contributed by atoms with van der Waals surface area (Å²) in [5.74, 6) is 1.00. The van der Waals surface area contributed by atoms with Crippen molar-refractivity contribution in [3.63, 3.8) is 0 Å². The van der Waals surface area contributed by atoms with E-state index in [1.807, 2.05) is 30.5 Å². The van der Waals surface area contributed by atoms with E-state index in [4.69, 9.17) is 4.74 Å². The zero-order valence-corrected chi connectivity index (χ0v) is 16.0. The number of fused-ring (bicyclic) bond motifs is 1. The maximum atomic E-state index is 6.08. The number of nitrogens with one attached hydrogen (secondary N) is 2. The van der Waals surface area contributed by atoms with Gasteiger partial charge in [0.1, 0.15) is 12.4 Å². The molecule has 1 atom stereocenters. The van der Waals surface area contributed by atoms with Crippen LogP contribution in [0.2, 0.25) is 0 Å². The SMILES string of the molecule is c1ccc(COc2ccc3[nH]cc(C(c4ccccc4)c4ccc[nH]4)c3c2)cc1. The Morgan fingerprint density at radius 3 is 2.31 bits per heavy atom. The summed E-state index contributed by atoms with van der Waals surface area (Å²) in [5, 5.41) is 1.18. The number of rotatable bonds is 6. The Morgan fingerprint density at radius 1 is 0.759 bits per heavy atom. The molecule has 1 unspecified atom stereocenters. The maximum absolute atomic E-state index is 6.08. The zero-order chi connectivity index (χ0) is 19.5. The van der Waals surface area contributed by atoms with Crippen LogP contribution in [0.25, 0.3) is 10.9 Å². The van der Waals surface area contributed by atoms with Crippen LogP contribution < -0.4 is 4.74 Å². The summed E-state index contributed by atoms with van der Waals surface area (Å²) in [6.07, 6.45) is 4.10. The molecule has 3 heteroatoms. The van der Waals surface area contributed by atoms with Crippen LogP contribution in [0.4, 0.5) is 0 Å². The summed E-state index contributed by atoms with van der Waals surface area (Å²) in [6.45, 7) is 0.560. The lowest BCUT2D eigenvalue weighted by Gasteiger charge is -2.16. The van der Waals surface area contributed by atoms with Crippen LogP contribution in [0.15, 0.2) is 103 Å². The molecule has 3 nitrogen and oxygen atoms in total. The fraction of sp³-hybridized carbons (Fsp3) is 0.0769. The monoisotopic (exact) mass is 378 g/mol. The molecule has 0 saturated heterocycles. The fourth-order valence-corrected chi connectivity index (χ4v) is 3.89. The number of aromatic amines is 2. The first-order valence-corrected chi connectivity index (χ1v) is 9.84. The summed E-state index contributed by atoms with van der Waals surface area (Å²) >= 11 is 0. The summed E-state index contributed by atoms with van der Waals surface area (Å²) in [5.41, 5.74) is 5.94. The van der Waals surface area contributed by atoms with Gasteiger partial charge in [0.05, 0.1) is 5.92 Å². The van der Waals surface area contributed by atoms with Crippen molar-refractivity contribution in [3.05, 3.63) is 126 Å². The van der Waals surface area contributed by atoms with Gasteiger partial charge in [0.2, 0.25) is 0 Å². The standard InChI is InChI=1S/C26H22N2O/c1-3-8-19(9-4-1)18-29-21-13-14-24-22(16-21)23(17-28-24)26(25-12-7-15-27-25)20-10-5-2-6-11-20/h1-17,26-28H,18H2. The van der Waals surface area contributed by atoms with Gasteiger partial charge in [-0.25, -0.2) is 0 Å². The lowest BCUT2D eigenvalue weighted by molar-refractivity contribution is 0.306. The zero-order valence-electron chi connectivity index (χ0n) is 16.0. The van der Waals surface area contributed by atoms with Gasteiger partial charge in [0.25, 0.3) is 0 Å². The molecule has 0 aliphatic heterocycles. The molecule has 0 aliphatic rings. The smallest absolute Gasteiger partial charge is 0.120 e. The van der Waals surface area contributed by atoms with Crippen LogP contribution in [-0.4, -0.2) is 9.97 Å². The summed E-state index contributed by atoms with van der Waals surface area (Å²) in [4.78, 5) is 6.84. The normalized spacial score (nSPS) is 12.1. The molecule has 2 aromatic heterocycles. The van der Waals surface area contributed by atoms with Crippen LogP contribution in [0, 0.1) is 0 Å². The largest absolute Gasteiger partial charge is 0.489 e. The maximum Gasteiger partial charge on any atom is 0.120 e. The van der Waals surface area contributed by atoms with Gasteiger partial charge in [0.15, 0.2) is 0 Å². The summed E-state index contributed by atoms with van der Waals surface area (Å²) < 4.78 is 6.08. The third-order valence-electron chi connectivity index (χ3n) is 5.31. The van der Waals surface area contributed by atoms with E-state index >= 15 is 0 Å². The second-order valence-electron chi connectivity index (χ2n) is 7.19. The van der Waals surface area contributed by atoms with Crippen molar-refractivity contribution >= 4 is 10.9 Å². The van der Waals surface area contributed by atoms with Gasteiger partial charge in [-0.3, -0.25) is 0 Å². The number of aromatic nitrogens is 2. The molecule has 0 amide bonds. The number of hydrogen-bond donors (Lipinski definition) is 2. The molecule has 29 heavy (non-hydrogen) atoms. The molecule has 5 aromatic rings. The lowest BCUT2D eigenvalue weighted by atomic mass is 9.88. The van der Waals surface area contributed by atoms with Crippen molar-refractivity contribution in [2.75, 3.05) is 0 Å². The third kappa shape index (κ3) is 3.55. The van der Waals surface area contributed by atoms with Crippen molar-refractivity contribution in [2.24, 2.45) is 0 Å². The molecule has 3 aromatic carbocycles. The predicted molar refractivity (Wildman–Crippen MR) is 117 cm³/mol. The summed E-state index contributed by atoms with van der Waals surface area (Å²) in [7, 11) is 0. The van der Waals surface area contributed by atoms with Crippen LogP contribution in [-0.2, 0) is 6.61 Å². The van der Waals surface area contributed by atoms with E-state index in [9.17, 15) is 0 Å². The van der Waals surface area contributed by atoms with E-state index in [1.165, 1.54) is 22.2 Å². The highest BCUT2D eigenvalue weighted by atomic mass is 16.5. The molecule has 0 fully saturated rings. The van der Waals surface area contributed by atoms with E-state index in [0.717, 1.165) is 16.8 Å². The van der Waals surface area contributed by atoms with Crippen molar-refractivity contribution in [1.82, 2.24) is 9.97 Å². The average molecular weight is 378 g/mol. The second-order valence-corrected chi connectivity index (χ2v) is 7.19. The van der Waals surface area contributed by atoms with Gasteiger partial charge in [-0.05, 0) is 47.0 Å². The predicted octanol–water partition coefficient (Wildman–Crippen LogP) is 6.26. The summed E-state index contributed by atoms with van der Waals surface area (Å²) in [6, 6.07) is 31.3. The number of benzene rings is 3. The minimum atomic E-state index is 0.129. The first kappa shape index (κ1) is 17.4. The Bertz CT molecular complexity index is 1190. The van der Waals surface area contributed by atoms with Gasteiger partial charge < -0.3 is 14.7 Å². The van der Waals surface area contributed by atoms with Crippen LogP contribution >= 0.6 is 0 Å². The highest BCUT2D eigenvalue weighted by Crippen LogP contribution is 2.36. The fourth-order valence-electron chi connectivity index (χ4n) is 3.89. The van der Waals surface area contributed by atoms with E-state index in [1.54, 1.807) is 0 Å². The van der Waals surface area contributed by atoms with Crippen molar-refractivity contribution in [2.45, 2.75) is 12.5 Å². The number of ether oxygens (including phenoxy) is 1. The van der Waals surface area contributed by atoms with Crippen molar-refractivity contribution in [1.29, 1.82) is 0 Å². The molecule has 0 radical (unpaired) electrons. The quantitative estimate of drug-likeness (QED) is 0.360. The van der Waals surface area contributed by atoms with Gasteiger partial charge in [-0.1, -0.05) is 60.7 Å². The first-order valence-electron chi connectivity index (χ1n) is 9.84. The molecule has 5 rings (SSSR count). The van der Waals surface area contributed by atoms with Crippen LogP contribution in [0.5, 0.6) is 5.75 Å². The minimum absolute atomic E-state index is 0.129. The highest BCUT2D eigenvalue weighted by Gasteiger charge is 2.21. The molecular weight excluding hydrogens is 356 g/mol. The molecule has 142 valence electrons. The van der Waals surface area contributed by atoms with Crippen molar-refractivity contribution in [3.8, 4) is 5.75 Å². The van der Waals surface area contributed by atoms with Gasteiger partial charge in [0, 0.05) is 29.0 Å². The number of H-pyrrole nitrogens is 2. The average Bonchev–Trinajstić information content (AvgIpc) is 3.45. The Balaban J connectivity index is 1.53. The van der Waals surface area contributed by atoms with E-state index < -0.39 is 0 Å². The van der Waals surface area contributed by atoms with Crippen LogP contribution in [0.3, 0.4) is 0 Å². The van der Waals surface area contributed by atoms with Crippen molar-refractivity contribution < 1.29 is 4.74 Å². The van der Waals surface area contributed by atoms with Gasteiger partial charge in [-0.2, -0.15) is 0 Å². The Labute approximate surface area is 170 Å². The van der Waals surface area contributed by atoms with Gasteiger partial charge in [-0.15, -0.1) is 0 Å². The van der Waals surface area contributed by atoms with E-state index in [-0.39, 0.29) is 5.92 Å². The van der Waals surface area contributed by atoms with Crippen LogP contribution in [0.1, 0.15) is 28.3 Å². The van der Waals surface area contributed by atoms with Gasteiger partial charge >= 0.3 is 0 Å². The molecule has 0 aliphatic carbocycles.